The number of aliphatic hydroxyl groups excluding tert-OH is 1. The number of nitrogens with one attached hydrogen (secondary N) is 1. The molecule has 1 aromatic carbocycles. The summed E-state index contributed by atoms with van der Waals surface area (Å²) >= 11 is 0. The fraction of sp³-hybridized carbons (Fsp3) is 0.400. The van der Waals surface area contributed by atoms with E-state index in [0.29, 0.717) is 24.3 Å². The van der Waals surface area contributed by atoms with Crippen molar-refractivity contribution < 1.29 is 9.50 Å². The Morgan fingerprint density at radius 3 is 2.93 bits per heavy atom. The molecule has 0 spiro atoms. The maximum atomic E-state index is 12.8. The molecule has 0 aromatic heterocycles. The molecule has 1 unspecified atom stereocenters. The highest BCUT2D eigenvalue weighted by molar-refractivity contribution is 5.65. The quantitative estimate of drug-likeness (QED) is 0.644. The Morgan fingerprint density at radius 1 is 1.57 bits per heavy atom. The normalized spacial score (nSPS) is 12.5. The fourth-order valence-corrected chi connectivity index (χ4v) is 1.05. The lowest BCUT2D eigenvalue weighted by Gasteiger charge is -2.12. The van der Waals surface area contributed by atoms with Crippen molar-refractivity contribution in [2.24, 2.45) is 0 Å². The molecule has 4 heteroatoms. The van der Waals surface area contributed by atoms with E-state index in [-0.39, 0.29) is 5.82 Å². The number of hydrogen-bond acceptors (Lipinski definition) is 3. The van der Waals surface area contributed by atoms with Gasteiger partial charge in [0.05, 0.1) is 17.5 Å². The molecule has 0 fully saturated rings. The van der Waals surface area contributed by atoms with Crippen molar-refractivity contribution in [2.45, 2.75) is 19.4 Å². The summed E-state index contributed by atoms with van der Waals surface area (Å²) in [5.74, 6) is -0.340. The molecule has 4 N–H and O–H groups in total. The van der Waals surface area contributed by atoms with Crippen molar-refractivity contribution in [3.63, 3.8) is 0 Å². The van der Waals surface area contributed by atoms with E-state index in [2.05, 4.69) is 5.32 Å². The van der Waals surface area contributed by atoms with E-state index in [1.807, 2.05) is 6.92 Å². The molecule has 0 aliphatic rings. The number of halogens is 1. The van der Waals surface area contributed by atoms with Crippen LogP contribution < -0.4 is 11.1 Å². The lowest BCUT2D eigenvalue weighted by molar-refractivity contribution is 0.183. The fourth-order valence-electron chi connectivity index (χ4n) is 1.05. The van der Waals surface area contributed by atoms with Crippen LogP contribution in [-0.4, -0.2) is 17.8 Å². The Balaban J connectivity index is 2.62. The van der Waals surface area contributed by atoms with Gasteiger partial charge in [-0.3, -0.25) is 0 Å². The largest absolute Gasteiger partial charge is 0.397 e. The molecule has 0 aliphatic carbocycles. The maximum Gasteiger partial charge on any atom is 0.125 e. The Labute approximate surface area is 82.7 Å². The first kappa shape index (κ1) is 10.8. The summed E-state index contributed by atoms with van der Waals surface area (Å²) in [7, 11) is 0. The molecule has 78 valence electrons. The molecule has 0 heterocycles. The van der Waals surface area contributed by atoms with Crippen molar-refractivity contribution in [1.29, 1.82) is 0 Å². The number of anilines is 2. The summed E-state index contributed by atoms with van der Waals surface area (Å²) in [5.41, 5.74) is 6.61. The highest BCUT2D eigenvalue weighted by Crippen LogP contribution is 2.18. The Morgan fingerprint density at radius 2 is 2.29 bits per heavy atom. The van der Waals surface area contributed by atoms with Gasteiger partial charge in [0.25, 0.3) is 0 Å². The molecular formula is C10H15FN2O. The van der Waals surface area contributed by atoms with Gasteiger partial charge >= 0.3 is 0 Å². The molecule has 0 amide bonds. The predicted octanol–water partition coefficient (Wildman–Crippen LogP) is 1.59. The number of rotatable bonds is 4. The van der Waals surface area contributed by atoms with Crippen LogP contribution in [0.1, 0.15) is 13.3 Å². The number of hydrogen-bond donors (Lipinski definition) is 3. The van der Waals surface area contributed by atoms with Crippen LogP contribution >= 0.6 is 0 Å². The molecule has 3 nitrogen and oxygen atoms in total. The van der Waals surface area contributed by atoms with Gasteiger partial charge in [-0.1, -0.05) is 6.92 Å². The molecule has 0 saturated heterocycles. The van der Waals surface area contributed by atoms with Crippen molar-refractivity contribution in [3.8, 4) is 0 Å². The zero-order valence-corrected chi connectivity index (χ0v) is 8.13. The first-order chi connectivity index (χ1) is 6.63. The zero-order valence-electron chi connectivity index (χ0n) is 8.13. The van der Waals surface area contributed by atoms with Crippen molar-refractivity contribution in [1.82, 2.24) is 0 Å². The summed E-state index contributed by atoms with van der Waals surface area (Å²) < 4.78 is 12.8. The van der Waals surface area contributed by atoms with Crippen LogP contribution in [0.15, 0.2) is 18.2 Å². The highest BCUT2D eigenvalue weighted by atomic mass is 19.1. The molecule has 0 aliphatic heterocycles. The molecule has 0 saturated carbocycles. The van der Waals surface area contributed by atoms with Gasteiger partial charge in [0.2, 0.25) is 0 Å². The maximum absolute atomic E-state index is 12.8. The molecule has 1 atom stereocenters. The van der Waals surface area contributed by atoms with Gasteiger partial charge in [-0.25, -0.2) is 4.39 Å². The van der Waals surface area contributed by atoms with Crippen LogP contribution in [0.5, 0.6) is 0 Å². The van der Waals surface area contributed by atoms with Crippen LogP contribution in [0.25, 0.3) is 0 Å². The van der Waals surface area contributed by atoms with Crippen LogP contribution in [0.4, 0.5) is 15.8 Å². The Bertz CT molecular complexity index is 304. The van der Waals surface area contributed by atoms with Gasteiger partial charge in [0.1, 0.15) is 5.82 Å². The SMILES string of the molecule is CCC(O)CNc1cc(F)ccc1N. The Kier molecular flexibility index (Phi) is 3.71. The molecule has 0 radical (unpaired) electrons. The summed E-state index contributed by atoms with van der Waals surface area (Å²) in [6, 6.07) is 4.12. The van der Waals surface area contributed by atoms with E-state index in [1.54, 1.807) is 0 Å². The summed E-state index contributed by atoms with van der Waals surface area (Å²) in [4.78, 5) is 0. The van der Waals surface area contributed by atoms with E-state index in [1.165, 1.54) is 18.2 Å². The van der Waals surface area contributed by atoms with Crippen LogP contribution in [-0.2, 0) is 0 Å². The second kappa shape index (κ2) is 4.81. The van der Waals surface area contributed by atoms with Crippen molar-refractivity contribution in [2.75, 3.05) is 17.6 Å². The third-order valence-corrected chi connectivity index (χ3v) is 2.01. The van der Waals surface area contributed by atoms with E-state index >= 15 is 0 Å². The molecule has 14 heavy (non-hydrogen) atoms. The monoisotopic (exact) mass is 198 g/mol. The summed E-state index contributed by atoms with van der Waals surface area (Å²) in [5, 5.41) is 12.2. The first-order valence-corrected chi connectivity index (χ1v) is 4.60. The third-order valence-electron chi connectivity index (χ3n) is 2.01. The minimum Gasteiger partial charge on any atom is -0.397 e. The number of nitrogens with two attached hydrogens (primary N) is 1. The third kappa shape index (κ3) is 2.88. The van der Waals surface area contributed by atoms with E-state index < -0.39 is 6.10 Å². The number of benzene rings is 1. The Hall–Kier alpha value is -1.29. The van der Waals surface area contributed by atoms with Crippen molar-refractivity contribution >= 4 is 11.4 Å². The minimum atomic E-state index is -0.433. The van der Waals surface area contributed by atoms with E-state index in [0.717, 1.165) is 0 Å². The standard InChI is InChI=1S/C10H15FN2O/c1-2-8(14)6-13-10-5-7(11)3-4-9(10)12/h3-5,8,13-14H,2,6,12H2,1H3. The van der Waals surface area contributed by atoms with Crippen LogP contribution in [0, 0.1) is 5.82 Å². The molecule has 0 bridgehead atoms. The average Bonchev–Trinajstić information content (AvgIpc) is 2.19. The number of nitrogen functional groups attached to an aromatic ring is 1. The highest BCUT2D eigenvalue weighted by Gasteiger charge is 2.03. The predicted molar refractivity (Wildman–Crippen MR) is 55.6 cm³/mol. The second-order valence-electron chi connectivity index (χ2n) is 3.17. The van der Waals surface area contributed by atoms with E-state index in [4.69, 9.17) is 5.73 Å². The zero-order chi connectivity index (χ0) is 10.6. The van der Waals surface area contributed by atoms with Crippen LogP contribution in [0.2, 0.25) is 0 Å². The lowest BCUT2D eigenvalue weighted by Crippen LogP contribution is -2.18. The summed E-state index contributed by atoms with van der Waals surface area (Å²) in [6.45, 7) is 2.26. The van der Waals surface area contributed by atoms with Gasteiger partial charge in [-0.2, -0.15) is 0 Å². The molecule has 1 aromatic rings. The van der Waals surface area contributed by atoms with E-state index in [9.17, 15) is 9.50 Å². The smallest absolute Gasteiger partial charge is 0.125 e. The topological polar surface area (TPSA) is 58.3 Å². The minimum absolute atomic E-state index is 0.340. The van der Waals surface area contributed by atoms with Gasteiger partial charge in [-0.15, -0.1) is 0 Å². The van der Waals surface area contributed by atoms with Gasteiger partial charge in [0.15, 0.2) is 0 Å². The van der Waals surface area contributed by atoms with Gasteiger partial charge in [0, 0.05) is 6.54 Å². The average molecular weight is 198 g/mol. The molecular weight excluding hydrogens is 183 g/mol. The van der Waals surface area contributed by atoms with Crippen LogP contribution in [0.3, 0.4) is 0 Å². The molecule has 1 rings (SSSR count). The van der Waals surface area contributed by atoms with Gasteiger partial charge in [-0.05, 0) is 24.6 Å². The lowest BCUT2D eigenvalue weighted by atomic mass is 10.2. The van der Waals surface area contributed by atoms with Crippen molar-refractivity contribution in [3.05, 3.63) is 24.0 Å². The second-order valence-corrected chi connectivity index (χ2v) is 3.17. The first-order valence-electron chi connectivity index (χ1n) is 4.60. The summed E-state index contributed by atoms with van der Waals surface area (Å²) in [6.07, 6.45) is 0.222. The number of aliphatic hydroxyl groups is 1. The van der Waals surface area contributed by atoms with Gasteiger partial charge < -0.3 is 16.2 Å².